The molecule has 2 aromatic heterocycles. The SMILES string of the molecule is CC(C)c1cc(N2CCCC(c3n[nH]c4ccccc34)C2)nc(N)n1. The van der Waals surface area contributed by atoms with Crippen molar-refractivity contribution in [2.45, 2.75) is 38.5 Å². The molecule has 3 aromatic rings. The minimum atomic E-state index is 0.333. The predicted octanol–water partition coefficient (Wildman–Crippen LogP) is 3.44. The van der Waals surface area contributed by atoms with Gasteiger partial charge in [-0.1, -0.05) is 32.0 Å². The van der Waals surface area contributed by atoms with Crippen molar-refractivity contribution in [3.05, 3.63) is 41.7 Å². The van der Waals surface area contributed by atoms with Crippen LogP contribution in [0.2, 0.25) is 0 Å². The number of aromatic nitrogens is 4. The molecular formula is C19H24N6. The van der Waals surface area contributed by atoms with Crippen LogP contribution >= 0.6 is 0 Å². The maximum Gasteiger partial charge on any atom is 0.222 e. The van der Waals surface area contributed by atoms with Crippen molar-refractivity contribution in [2.75, 3.05) is 23.7 Å². The number of para-hydroxylation sites is 1. The molecule has 6 nitrogen and oxygen atoms in total. The highest BCUT2D eigenvalue weighted by Crippen LogP contribution is 2.32. The molecule has 3 N–H and O–H groups in total. The van der Waals surface area contributed by atoms with Gasteiger partial charge in [0.2, 0.25) is 5.95 Å². The first-order valence-corrected chi connectivity index (χ1v) is 8.94. The molecule has 0 radical (unpaired) electrons. The summed E-state index contributed by atoms with van der Waals surface area (Å²) >= 11 is 0. The molecule has 0 aliphatic carbocycles. The number of hydrogen-bond donors (Lipinski definition) is 2. The highest BCUT2D eigenvalue weighted by molar-refractivity contribution is 5.81. The summed E-state index contributed by atoms with van der Waals surface area (Å²) in [4.78, 5) is 11.2. The van der Waals surface area contributed by atoms with E-state index in [4.69, 9.17) is 5.73 Å². The molecule has 1 aromatic carbocycles. The maximum atomic E-state index is 5.94. The first kappa shape index (κ1) is 15.9. The van der Waals surface area contributed by atoms with E-state index in [0.29, 0.717) is 17.8 Å². The molecule has 6 heteroatoms. The van der Waals surface area contributed by atoms with Gasteiger partial charge in [-0.15, -0.1) is 0 Å². The number of anilines is 2. The Labute approximate surface area is 147 Å². The molecule has 1 unspecified atom stereocenters. The molecule has 1 saturated heterocycles. The molecule has 25 heavy (non-hydrogen) atoms. The number of nitrogens with zero attached hydrogens (tertiary/aromatic N) is 4. The summed E-state index contributed by atoms with van der Waals surface area (Å²) in [7, 11) is 0. The second kappa shape index (κ2) is 6.35. The number of benzene rings is 1. The Balaban J connectivity index is 1.63. The minimum Gasteiger partial charge on any atom is -0.368 e. The number of nitrogen functional groups attached to an aromatic ring is 1. The predicted molar refractivity (Wildman–Crippen MR) is 101 cm³/mol. The lowest BCUT2D eigenvalue weighted by atomic mass is 9.92. The monoisotopic (exact) mass is 336 g/mol. The van der Waals surface area contributed by atoms with Crippen molar-refractivity contribution >= 4 is 22.7 Å². The smallest absolute Gasteiger partial charge is 0.222 e. The van der Waals surface area contributed by atoms with E-state index >= 15 is 0 Å². The van der Waals surface area contributed by atoms with Crippen LogP contribution < -0.4 is 10.6 Å². The zero-order valence-electron chi connectivity index (χ0n) is 14.7. The second-order valence-corrected chi connectivity index (χ2v) is 7.10. The number of hydrogen-bond acceptors (Lipinski definition) is 5. The number of nitrogens with one attached hydrogen (secondary N) is 1. The summed E-state index contributed by atoms with van der Waals surface area (Å²) in [5, 5.41) is 8.98. The standard InChI is InChI=1S/C19H24N6/c1-12(2)16-10-17(22-19(20)21-16)25-9-5-6-13(11-25)18-14-7-3-4-8-15(14)23-24-18/h3-4,7-8,10,12-13H,5-6,9,11H2,1-2H3,(H,23,24)(H2,20,21,22). The summed E-state index contributed by atoms with van der Waals surface area (Å²) in [6, 6.07) is 10.4. The third kappa shape index (κ3) is 3.04. The Hall–Kier alpha value is -2.63. The van der Waals surface area contributed by atoms with Gasteiger partial charge in [0, 0.05) is 30.5 Å². The quantitative estimate of drug-likeness (QED) is 0.765. The molecule has 1 fully saturated rings. The Bertz CT molecular complexity index is 885. The zero-order chi connectivity index (χ0) is 17.4. The highest BCUT2D eigenvalue weighted by Gasteiger charge is 2.26. The van der Waals surface area contributed by atoms with Gasteiger partial charge in [0.05, 0.1) is 16.9 Å². The van der Waals surface area contributed by atoms with Crippen molar-refractivity contribution in [2.24, 2.45) is 0 Å². The molecule has 1 atom stereocenters. The van der Waals surface area contributed by atoms with E-state index < -0.39 is 0 Å². The topological polar surface area (TPSA) is 83.7 Å². The van der Waals surface area contributed by atoms with E-state index in [1.54, 1.807) is 0 Å². The fourth-order valence-corrected chi connectivity index (χ4v) is 3.63. The van der Waals surface area contributed by atoms with Gasteiger partial charge in [0.1, 0.15) is 5.82 Å². The second-order valence-electron chi connectivity index (χ2n) is 7.10. The first-order chi connectivity index (χ1) is 12.1. The lowest BCUT2D eigenvalue weighted by Gasteiger charge is -2.33. The van der Waals surface area contributed by atoms with Crippen molar-refractivity contribution in [3.8, 4) is 0 Å². The molecule has 130 valence electrons. The molecule has 0 bridgehead atoms. The van der Waals surface area contributed by atoms with Crippen LogP contribution in [-0.2, 0) is 0 Å². The van der Waals surface area contributed by atoms with E-state index in [1.807, 2.05) is 6.07 Å². The molecule has 1 aliphatic rings. The van der Waals surface area contributed by atoms with Crippen LogP contribution in [0.5, 0.6) is 0 Å². The van der Waals surface area contributed by atoms with Gasteiger partial charge >= 0.3 is 0 Å². The fourth-order valence-electron chi connectivity index (χ4n) is 3.63. The molecule has 0 amide bonds. The number of piperidine rings is 1. The van der Waals surface area contributed by atoms with Gasteiger partial charge in [-0.3, -0.25) is 5.10 Å². The van der Waals surface area contributed by atoms with E-state index in [-0.39, 0.29) is 0 Å². The first-order valence-electron chi connectivity index (χ1n) is 8.94. The Morgan fingerprint density at radius 2 is 2.08 bits per heavy atom. The fraction of sp³-hybridized carbons (Fsp3) is 0.421. The molecule has 3 heterocycles. The molecule has 4 rings (SSSR count). The van der Waals surface area contributed by atoms with Gasteiger partial charge in [-0.25, -0.2) is 4.98 Å². The van der Waals surface area contributed by atoms with Gasteiger partial charge in [-0.2, -0.15) is 10.1 Å². The van der Waals surface area contributed by atoms with Crippen molar-refractivity contribution < 1.29 is 0 Å². The lowest BCUT2D eigenvalue weighted by Crippen LogP contribution is -2.35. The molecule has 1 aliphatic heterocycles. The van der Waals surface area contributed by atoms with Crippen molar-refractivity contribution in [3.63, 3.8) is 0 Å². The Morgan fingerprint density at radius 1 is 1.24 bits per heavy atom. The van der Waals surface area contributed by atoms with Crippen molar-refractivity contribution in [1.29, 1.82) is 0 Å². The Morgan fingerprint density at radius 3 is 2.92 bits per heavy atom. The normalized spacial score (nSPS) is 18.2. The highest BCUT2D eigenvalue weighted by atomic mass is 15.2. The van der Waals surface area contributed by atoms with Gasteiger partial charge in [0.25, 0.3) is 0 Å². The third-order valence-electron chi connectivity index (χ3n) is 4.97. The van der Waals surface area contributed by atoms with Crippen LogP contribution in [0, 0.1) is 0 Å². The van der Waals surface area contributed by atoms with E-state index in [1.165, 1.54) is 5.39 Å². The van der Waals surface area contributed by atoms with E-state index in [2.05, 4.69) is 63.2 Å². The summed E-state index contributed by atoms with van der Waals surface area (Å²) in [6.45, 7) is 6.15. The van der Waals surface area contributed by atoms with Crippen LogP contribution in [0.4, 0.5) is 11.8 Å². The average molecular weight is 336 g/mol. The average Bonchev–Trinajstić information content (AvgIpc) is 3.05. The summed E-state index contributed by atoms with van der Waals surface area (Å²) < 4.78 is 0. The van der Waals surface area contributed by atoms with E-state index in [9.17, 15) is 0 Å². The van der Waals surface area contributed by atoms with Crippen LogP contribution in [0.3, 0.4) is 0 Å². The lowest BCUT2D eigenvalue weighted by molar-refractivity contribution is 0.499. The minimum absolute atomic E-state index is 0.333. The number of H-pyrrole nitrogens is 1. The van der Waals surface area contributed by atoms with Crippen LogP contribution in [-0.4, -0.2) is 33.3 Å². The van der Waals surface area contributed by atoms with Gasteiger partial charge in [0.15, 0.2) is 0 Å². The molecule has 0 spiro atoms. The number of nitrogens with two attached hydrogens (primary N) is 1. The van der Waals surface area contributed by atoms with Crippen LogP contribution in [0.15, 0.2) is 30.3 Å². The Kier molecular flexibility index (Phi) is 4.03. The summed E-state index contributed by atoms with van der Waals surface area (Å²) in [6.07, 6.45) is 2.26. The molecular weight excluding hydrogens is 312 g/mol. The summed E-state index contributed by atoms with van der Waals surface area (Å²) in [5.41, 5.74) is 9.20. The van der Waals surface area contributed by atoms with E-state index in [0.717, 1.165) is 48.7 Å². The maximum absolute atomic E-state index is 5.94. The van der Waals surface area contributed by atoms with Gasteiger partial charge in [-0.05, 0) is 24.8 Å². The zero-order valence-corrected chi connectivity index (χ0v) is 14.7. The van der Waals surface area contributed by atoms with Gasteiger partial charge < -0.3 is 10.6 Å². The number of aromatic amines is 1. The largest absolute Gasteiger partial charge is 0.368 e. The molecule has 0 saturated carbocycles. The van der Waals surface area contributed by atoms with Crippen LogP contribution in [0.25, 0.3) is 10.9 Å². The third-order valence-corrected chi connectivity index (χ3v) is 4.97. The van der Waals surface area contributed by atoms with Crippen molar-refractivity contribution in [1.82, 2.24) is 20.2 Å². The van der Waals surface area contributed by atoms with Crippen LogP contribution in [0.1, 0.15) is 49.9 Å². The summed E-state index contributed by atoms with van der Waals surface area (Å²) in [5.74, 6) is 2.01. The number of rotatable bonds is 3. The number of fused-ring (bicyclic) bond motifs is 1.